The molecule has 0 aliphatic rings. The predicted molar refractivity (Wildman–Crippen MR) is 42.6 cm³/mol. The van der Waals surface area contributed by atoms with Gasteiger partial charge in [-0.05, 0) is 0 Å². The number of nitrogens with one attached hydrogen (secondary N) is 3. The molecule has 6 heteroatoms. The monoisotopic (exact) mass is 169 g/mol. The maximum Gasteiger partial charge on any atom is 0.326 e. The fraction of sp³-hybridized carbons (Fsp3) is 0.167. The van der Waals surface area contributed by atoms with Crippen molar-refractivity contribution in [1.82, 2.24) is 9.97 Å². The van der Waals surface area contributed by atoms with Gasteiger partial charge in [0.1, 0.15) is 11.4 Å². The average molecular weight is 169 g/mol. The number of aromatic amines is 2. The van der Waals surface area contributed by atoms with E-state index in [0.29, 0.717) is 6.29 Å². The number of hydrogen-bond donors (Lipinski definition) is 3. The zero-order chi connectivity index (χ0) is 9.14. The van der Waals surface area contributed by atoms with Crippen LogP contribution in [0.15, 0.2) is 9.59 Å². The van der Waals surface area contributed by atoms with E-state index in [0.717, 1.165) is 0 Å². The minimum absolute atomic E-state index is 0.0498. The van der Waals surface area contributed by atoms with Crippen LogP contribution in [0, 0.1) is 0 Å². The maximum atomic E-state index is 11.0. The van der Waals surface area contributed by atoms with Crippen molar-refractivity contribution < 1.29 is 4.79 Å². The molecule has 12 heavy (non-hydrogen) atoms. The van der Waals surface area contributed by atoms with Gasteiger partial charge >= 0.3 is 5.69 Å². The summed E-state index contributed by atoms with van der Waals surface area (Å²) in [7, 11) is 1.48. The second-order valence-electron chi connectivity index (χ2n) is 2.06. The second kappa shape index (κ2) is 3.04. The van der Waals surface area contributed by atoms with Gasteiger partial charge in [-0.3, -0.25) is 14.6 Å². The molecular formula is C6H7N3O3. The van der Waals surface area contributed by atoms with Gasteiger partial charge in [0.15, 0.2) is 6.29 Å². The third-order valence-corrected chi connectivity index (χ3v) is 1.34. The summed E-state index contributed by atoms with van der Waals surface area (Å²) in [6, 6.07) is 0. The van der Waals surface area contributed by atoms with E-state index in [1.807, 2.05) is 4.98 Å². The van der Waals surface area contributed by atoms with Gasteiger partial charge in [0.25, 0.3) is 5.56 Å². The summed E-state index contributed by atoms with van der Waals surface area (Å²) in [6.45, 7) is 0. The Morgan fingerprint density at radius 2 is 2.00 bits per heavy atom. The molecule has 3 N–H and O–H groups in total. The molecule has 1 aromatic heterocycles. The number of rotatable bonds is 2. The van der Waals surface area contributed by atoms with E-state index in [9.17, 15) is 14.4 Å². The first-order valence-electron chi connectivity index (χ1n) is 3.18. The van der Waals surface area contributed by atoms with Gasteiger partial charge in [-0.1, -0.05) is 0 Å². The van der Waals surface area contributed by atoms with Crippen molar-refractivity contribution in [2.45, 2.75) is 0 Å². The molecule has 0 bridgehead atoms. The van der Waals surface area contributed by atoms with Crippen LogP contribution in [-0.4, -0.2) is 23.3 Å². The lowest BCUT2D eigenvalue weighted by Gasteiger charge is -1.99. The summed E-state index contributed by atoms with van der Waals surface area (Å²) in [6.07, 6.45) is 0.405. The smallest absolute Gasteiger partial charge is 0.326 e. The zero-order valence-corrected chi connectivity index (χ0v) is 6.30. The molecule has 6 nitrogen and oxygen atoms in total. The number of aromatic nitrogens is 2. The average Bonchev–Trinajstić information content (AvgIpc) is 2.03. The fourth-order valence-corrected chi connectivity index (χ4v) is 0.841. The Hall–Kier alpha value is -1.85. The lowest BCUT2D eigenvalue weighted by Crippen LogP contribution is -2.26. The largest absolute Gasteiger partial charge is 0.382 e. The lowest BCUT2D eigenvalue weighted by molar-refractivity contribution is 0.111. The number of carbonyl (C=O) groups excluding carboxylic acids is 1. The Labute approximate surface area is 66.6 Å². The third-order valence-electron chi connectivity index (χ3n) is 1.34. The highest BCUT2D eigenvalue weighted by atomic mass is 16.2. The quantitative estimate of drug-likeness (QED) is 0.490. The molecule has 0 aromatic carbocycles. The molecule has 64 valence electrons. The Balaban J connectivity index is 3.55. The SMILES string of the molecule is CNc1c(C=O)[nH]c(=O)[nH]c1=O. The number of aldehydes is 1. The summed E-state index contributed by atoms with van der Waals surface area (Å²) in [5, 5.41) is 2.50. The standard InChI is InChI=1S/C6H7N3O3/c1-7-4-3(2-10)8-6(12)9-5(4)11/h2,7H,1H3,(H2,8,9,11,12). The van der Waals surface area contributed by atoms with Gasteiger partial charge in [-0.15, -0.1) is 0 Å². The summed E-state index contributed by atoms with van der Waals surface area (Å²) in [4.78, 5) is 36.1. The molecule has 0 saturated heterocycles. The first-order chi connectivity index (χ1) is 5.69. The molecule has 1 rings (SSSR count). The topological polar surface area (TPSA) is 94.8 Å². The molecule has 0 amide bonds. The first kappa shape index (κ1) is 8.25. The summed E-state index contributed by atoms with van der Waals surface area (Å²) in [5.74, 6) is 0. The lowest BCUT2D eigenvalue weighted by atomic mass is 10.3. The highest BCUT2D eigenvalue weighted by molar-refractivity contribution is 5.80. The third kappa shape index (κ3) is 1.26. The number of hydrogen-bond acceptors (Lipinski definition) is 4. The molecule has 0 fully saturated rings. The van der Waals surface area contributed by atoms with E-state index in [2.05, 4.69) is 10.3 Å². The molecule has 1 heterocycles. The highest BCUT2D eigenvalue weighted by Crippen LogP contribution is 1.97. The van der Waals surface area contributed by atoms with Crippen molar-refractivity contribution in [3.63, 3.8) is 0 Å². The van der Waals surface area contributed by atoms with E-state index >= 15 is 0 Å². The minimum atomic E-state index is -0.693. The van der Waals surface area contributed by atoms with E-state index in [1.54, 1.807) is 0 Å². The molecule has 0 aliphatic carbocycles. The summed E-state index contributed by atoms with van der Waals surface area (Å²) in [5.41, 5.74) is -1.29. The van der Waals surface area contributed by atoms with Crippen LogP contribution < -0.4 is 16.6 Å². The van der Waals surface area contributed by atoms with Crippen molar-refractivity contribution in [3.8, 4) is 0 Å². The molecule has 0 aliphatic heterocycles. The number of carbonyl (C=O) groups is 1. The zero-order valence-electron chi connectivity index (χ0n) is 6.30. The van der Waals surface area contributed by atoms with Crippen molar-refractivity contribution in [2.24, 2.45) is 0 Å². The van der Waals surface area contributed by atoms with Crippen LogP contribution in [0.1, 0.15) is 10.5 Å². The molecule has 0 saturated carbocycles. The summed E-state index contributed by atoms with van der Waals surface area (Å²) < 4.78 is 0. The second-order valence-corrected chi connectivity index (χ2v) is 2.06. The molecule has 0 radical (unpaired) electrons. The van der Waals surface area contributed by atoms with Crippen LogP contribution in [0.2, 0.25) is 0 Å². The van der Waals surface area contributed by atoms with Crippen LogP contribution in [0.25, 0.3) is 0 Å². The fourth-order valence-electron chi connectivity index (χ4n) is 0.841. The van der Waals surface area contributed by atoms with Gasteiger partial charge in [0.05, 0.1) is 0 Å². The molecule has 0 spiro atoms. The molecule has 0 atom stereocenters. The van der Waals surface area contributed by atoms with Crippen LogP contribution in [0.3, 0.4) is 0 Å². The van der Waals surface area contributed by atoms with E-state index in [-0.39, 0.29) is 11.4 Å². The number of H-pyrrole nitrogens is 2. The minimum Gasteiger partial charge on any atom is -0.382 e. The highest BCUT2D eigenvalue weighted by Gasteiger charge is 2.04. The van der Waals surface area contributed by atoms with E-state index < -0.39 is 11.2 Å². The van der Waals surface area contributed by atoms with Gasteiger partial charge < -0.3 is 10.3 Å². The van der Waals surface area contributed by atoms with Gasteiger partial charge in [-0.25, -0.2) is 4.79 Å². The molecular weight excluding hydrogens is 162 g/mol. The summed E-state index contributed by atoms with van der Waals surface area (Å²) >= 11 is 0. The molecule has 1 aromatic rings. The van der Waals surface area contributed by atoms with Crippen LogP contribution in [0.5, 0.6) is 0 Å². The van der Waals surface area contributed by atoms with E-state index in [4.69, 9.17) is 0 Å². The van der Waals surface area contributed by atoms with Crippen molar-refractivity contribution >= 4 is 12.0 Å². The van der Waals surface area contributed by atoms with Crippen LogP contribution >= 0.6 is 0 Å². The van der Waals surface area contributed by atoms with Gasteiger partial charge in [0.2, 0.25) is 0 Å². The van der Waals surface area contributed by atoms with Crippen molar-refractivity contribution in [1.29, 1.82) is 0 Å². The normalized spacial score (nSPS) is 9.42. The Kier molecular flexibility index (Phi) is 2.09. The Bertz CT molecular complexity index is 403. The van der Waals surface area contributed by atoms with E-state index in [1.165, 1.54) is 7.05 Å². The number of anilines is 1. The van der Waals surface area contributed by atoms with Crippen molar-refractivity contribution in [2.75, 3.05) is 12.4 Å². The predicted octanol–water partition coefficient (Wildman–Crippen LogP) is -1.08. The van der Waals surface area contributed by atoms with Crippen molar-refractivity contribution in [3.05, 3.63) is 26.5 Å². The first-order valence-corrected chi connectivity index (χ1v) is 3.18. The van der Waals surface area contributed by atoms with Crippen LogP contribution in [0.4, 0.5) is 5.69 Å². The van der Waals surface area contributed by atoms with Crippen LogP contribution in [-0.2, 0) is 0 Å². The van der Waals surface area contributed by atoms with Gasteiger partial charge in [0, 0.05) is 7.05 Å². The molecule has 0 unspecified atom stereocenters. The Morgan fingerprint density at radius 3 is 2.50 bits per heavy atom. The maximum absolute atomic E-state index is 11.0. The Morgan fingerprint density at radius 1 is 1.33 bits per heavy atom. The van der Waals surface area contributed by atoms with Gasteiger partial charge in [-0.2, -0.15) is 0 Å².